The number of carbonyl (C=O) groups is 1. The summed E-state index contributed by atoms with van der Waals surface area (Å²) in [4.78, 5) is 15.5. The molecule has 1 saturated carbocycles. The first-order chi connectivity index (χ1) is 18.7. The van der Waals surface area contributed by atoms with Gasteiger partial charge in [-0.3, -0.25) is 4.79 Å². The molecule has 0 radical (unpaired) electrons. The maximum atomic E-state index is 13.1. The van der Waals surface area contributed by atoms with E-state index in [0.717, 1.165) is 80.9 Å². The Morgan fingerprint density at radius 3 is 2.74 bits per heavy atom. The number of benzene rings is 2. The van der Waals surface area contributed by atoms with Crippen LogP contribution in [-0.2, 0) is 21.9 Å². The molecule has 0 aromatic heterocycles. The van der Waals surface area contributed by atoms with Crippen molar-refractivity contribution in [1.29, 1.82) is 0 Å². The number of nitrogens with zero attached hydrogens (tertiary/aromatic N) is 1. The fourth-order valence-electron chi connectivity index (χ4n) is 7.24. The van der Waals surface area contributed by atoms with Crippen molar-refractivity contribution in [3.63, 3.8) is 0 Å². The van der Waals surface area contributed by atoms with Crippen LogP contribution < -0.4 is 20.1 Å². The lowest BCUT2D eigenvalue weighted by atomic mass is 9.67. The maximum absolute atomic E-state index is 13.1. The first-order valence-corrected chi connectivity index (χ1v) is 16.4. The summed E-state index contributed by atoms with van der Waals surface area (Å²) >= 11 is 6.38. The molecule has 4 atom stereocenters. The predicted molar refractivity (Wildman–Crippen MR) is 154 cm³/mol. The number of halogens is 1. The number of hydrogen-bond donors (Lipinski definition) is 2. The second-order valence-corrected chi connectivity index (χ2v) is 14.3. The molecule has 2 aromatic rings. The van der Waals surface area contributed by atoms with Gasteiger partial charge in [-0.1, -0.05) is 30.5 Å². The zero-order chi connectivity index (χ0) is 27.2. The Hall–Kier alpha value is -2.29. The number of aryl methyl sites for hydroxylation is 1. The van der Waals surface area contributed by atoms with Crippen LogP contribution in [0.1, 0.15) is 72.9 Å². The van der Waals surface area contributed by atoms with Gasteiger partial charge in [-0.05, 0) is 98.2 Å². The number of fused-ring (bicyclic) bond motifs is 4. The number of nitrogens with two attached hydrogens (primary N) is 1. The highest BCUT2D eigenvalue weighted by Crippen LogP contribution is 2.46. The molecule has 1 fully saturated rings. The van der Waals surface area contributed by atoms with Crippen LogP contribution in [0, 0.1) is 11.8 Å². The van der Waals surface area contributed by atoms with Gasteiger partial charge in [0, 0.05) is 35.1 Å². The lowest BCUT2D eigenvalue weighted by Gasteiger charge is -2.46. The van der Waals surface area contributed by atoms with Crippen LogP contribution in [0.5, 0.6) is 5.75 Å². The minimum absolute atomic E-state index is 0.0633. The molecule has 0 unspecified atom stereocenters. The number of rotatable bonds is 0. The molecule has 39 heavy (non-hydrogen) atoms. The molecule has 1 spiro atoms. The Balaban J connectivity index is 1.40. The number of nitrogens with one attached hydrogen (secondary N) is 1. The quantitative estimate of drug-likeness (QED) is 0.471. The molecule has 0 saturated heterocycles. The van der Waals surface area contributed by atoms with Gasteiger partial charge in [0.15, 0.2) is 0 Å². The summed E-state index contributed by atoms with van der Waals surface area (Å²) in [5.74, 6) is 1.00. The van der Waals surface area contributed by atoms with Gasteiger partial charge in [0.1, 0.15) is 5.75 Å². The fraction of sp³-hybridized carbons (Fsp3) is 0.567. The summed E-state index contributed by atoms with van der Waals surface area (Å²) in [5.41, 5.74) is 10.3. The van der Waals surface area contributed by atoms with Crippen molar-refractivity contribution in [3.05, 3.63) is 58.1 Å². The fourth-order valence-corrected chi connectivity index (χ4v) is 8.52. The van der Waals surface area contributed by atoms with E-state index in [0.29, 0.717) is 30.4 Å². The third-order valence-electron chi connectivity index (χ3n) is 9.48. The van der Waals surface area contributed by atoms with Crippen LogP contribution in [0.25, 0.3) is 0 Å². The van der Waals surface area contributed by atoms with Gasteiger partial charge in [-0.2, -0.15) is 0 Å². The van der Waals surface area contributed by atoms with Crippen molar-refractivity contribution in [2.75, 3.05) is 30.3 Å². The van der Waals surface area contributed by atoms with E-state index in [1.165, 1.54) is 11.1 Å². The van der Waals surface area contributed by atoms with Crippen LogP contribution >= 0.6 is 11.6 Å². The number of sulfonamides is 1. The molecule has 2 aliphatic carbocycles. The van der Waals surface area contributed by atoms with Crippen molar-refractivity contribution in [1.82, 2.24) is 4.72 Å². The summed E-state index contributed by atoms with van der Waals surface area (Å²) in [6.45, 7) is 2.14. The zero-order valence-corrected chi connectivity index (χ0v) is 23.9. The van der Waals surface area contributed by atoms with Gasteiger partial charge in [-0.15, -0.1) is 0 Å². The Kier molecular flexibility index (Phi) is 7.31. The number of anilines is 1. The molecular weight excluding hydrogens is 534 g/mol. The summed E-state index contributed by atoms with van der Waals surface area (Å²) in [5, 5.41) is 0.755. The van der Waals surface area contributed by atoms with E-state index in [1.807, 2.05) is 18.2 Å². The third-order valence-corrected chi connectivity index (χ3v) is 11.0. The normalized spacial score (nSPS) is 30.7. The van der Waals surface area contributed by atoms with Crippen LogP contribution in [-0.4, -0.2) is 45.8 Å². The summed E-state index contributed by atoms with van der Waals surface area (Å²) < 4.78 is 34.1. The molecule has 2 bridgehead atoms. The van der Waals surface area contributed by atoms with E-state index in [2.05, 4.69) is 21.8 Å². The van der Waals surface area contributed by atoms with Crippen molar-refractivity contribution in [2.45, 2.75) is 69.2 Å². The maximum Gasteiger partial charge on any atom is 0.264 e. The Bertz CT molecular complexity index is 1370. The average molecular weight is 572 g/mol. The topological polar surface area (TPSA) is 102 Å². The summed E-state index contributed by atoms with van der Waals surface area (Å²) in [6.07, 6.45) is 8.44. The van der Waals surface area contributed by atoms with Crippen molar-refractivity contribution >= 4 is 33.2 Å². The lowest BCUT2D eigenvalue weighted by molar-refractivity contribution is 0.0981. The standard InChI is InChI=1S/C30H38ClN3O4S/c31-23-9-11-25-20(15-23)5-4-13-30(25)18-34-17-22-7-10-24(22)26(32)6-2-1-3-14-39(36,37)33-29(35)21-8-12-28(38-19-30)27(34)16-21/h8-9,11-12,15-16,22,24,26H,1-7,10,13-14,17-19,32H2,(H,33,35)/t22-,24+,26+,30-/m0/s1. The predicted octanol–water partition coefficient (Wildman–Crippen LogP) is 4.80. The van der Waals surface area contributed by atoms with E-state index in [-0.39, 0.29) is 17.2 Å². The van der Waals surface area contributed by atoms with Crippen LogP contribution in [0.15, 0.2) is 36.4 Å². The van der Waals surface area contributed by atoms with E-state index < -0.39 is 15.9 Å². The highest BCUT2D eigenvalue weighted by atomic mass is 35.5. The highest BCUT2D eigenvalue weighted by Gasteiger charge is 2.44. The van der Waals surface area contributed by atoms with Gasteiger partial charge in [0.2, 0.25) is 10.0 Å². The number of carbonyl (C=O) groups excluding carboxylic acids is 1. The zero-order valence-electron chi connectivity index (χ0n) is 22.3. The number of ether oxygens (including phenoxy) is 1. The molecule has 9 heteroatoms. The van der Waals surface area contributed by atoms with Crippen LogP contribution in [0.2, 0.25) is 5.02 Å². The van der Waals surface area contributed by atoms with Crippen molar-refractivity contribution in [3.8, 4) is 5.75 Å². The molecule has 2 heterocycles. The second kappa shape index (κ2) is 10.6. The van der Waals surface area contributed by atoms with Gasteiger partial charge in [0.25, 0.3) is 5.91 Å². The van der Waals surface area contributed by atoms with E-state index in [9.17, 15) is 13.2 Å². The summed E-state index contributed by atoms with van der Waals surface area (Å²) in [6, 6.07) is 11.6. The van der Waals surface area contributed by atoms with E-state index in [1.54, 1.807) is 6.07 Å². The SMILES string of the molecule is N[C@@H]1CCCCCS(=O)(=O)NC(=O)c2ccc3c(c2)N(C[C@@H]2CC[C@H]21)C[C@@]1(CCCc2cc(Cl)ccc21)CO3. The van der Waals surface area contributed by atoms with Crippen LogP contribution in [0.4, 0.5) is 5.69 Å². The largest absolute Gasteiger partial charge is 0.490 e. The number of amides is 1. The van der Waals surface area contributed by atoms with E-state index in [4.69, 9.17) is 22.1 Å². The molecular formula is C30H38ClN3O4S. The molecule has 2 aromatic carbocycles. The van der Waals surface area contributed by atoms with Gasteiger partial charge in [-0.25, -0.2) is 13.1 Å². The first kappa shape index (κ1) is 26.9. The van der Waals surface area contributed by atoms with Gasteiger partial charge < -0.3 is 15.4 Å². The van der Waals surface area contributed by atoms with Crippen molar-refractivity contribution < 1.29 is 17.9 Å². The van der Waals surface area contributed by atoms with E-state index >= 15 is 0 Å². The molecule has 3 N–H and O–H groups in total. The molecule has 4 aliphatic rings. The third kappa shape index (κ3) is 5.40. The minimum Gasteiger partial charge on any atom is -0.490 e. The van der Waals surface area contributed by atoms with Gasteiger partial charge >= 0.3 is 0 Å². The average Bonchev–Trinajstić information content (AvgIpc) is 3.02. The van der Waals surface area contributed by atoms with Crippen LogP contribution in [0.3, 0.4) is 0 Å². The van der Waals surface area contributed by atoms with Gasteiger partial charge in [0.05, 0.1) is 18.0 Å². The smallest absolute Gasteiger partial charge is 0.264 e. The Labute approximate surface area is 236 Å². The minimum atomic E-state index is -3.72. The Morgan fingerprint density at radius 1 is 1.05 bits per heavy atom. The summed E-state index contributed by atoms with van der Waals surface area (Å²) in [7, 11) is -3.72. The van der Waals surface area contributed by atoms with Crippen molar-refractivity contribution in [2.24, 2.45) is 17.6 Å². The second-order valence-electron chi connectivity index (χ2n) is 12.1. The number of hydrogen-bond acceptors (Lipinski definition) is 6. The molecule has 6 rings (SSSR count). The monoisotopic (exact) mass is 571 g/mol. The molecule has 7 nitrogen and oxygen atoms in total. The lowest BCUT2D eigenvalue weighted by Crippen LogP contribution is -2.50. The highest BCUT2D eigenvalue weighted by molar-refractivity contribution is 7.90. The molecule has 1 amide bonds. The molecule has 2 aliphatic heterocycles. The first-order valence-electron chi connectivity index (χ1n) is 14.3. The molecule has 210 valence electrons. The Morgan fingerprint density at radius 2 is 1.92 bits per heavy atom.